The maximum Gasteiger partial charge on any atom is 0.171 e. The standard InChI is InChI=1S/C56H41N4OP/c1-57-49-20-10-6-16-41(49)45-32-36(24-28-51(45)57)59-53-22-12-8-18-43(53)47-34-39(26-30-55(47)59)62(61,38-14-4-3-5-15-38)40-27-31-56-48(35-40)44-19-9-13-23-54(44)60(56)37-25-29-52-46(33-37)42-17-7-11-21-50(42)58(52)2/h3-32,34-35,46H,33H2,1-2H3. The summed E-state index contributed by atoms with van der Waals surface area (Å²) in [5.41, 5.74) is 13.3. The van der Waals surface area contributed by atoms with E-state index in [-0.39, 0.29) is 0 Å². The lowest BCUT2D eigenvalue weighted by Gasteiger charge is -2.24. The molecular formula is C56H41N4OP. The van der Waals surface area contributed by atoms with Gasteiger partial charge in [-0.15, -0.1) is 0 Å². The molecule has 0 bridgehead atoms. The largest absolute Gasteiger partial charge is 0.347 e. The molecule has 0 N–H and O–H groups in total. The Balaban J connectivity index is 0.989. The lowest BCUT2D eigenvalue weighted by molar-refractivity contribution is 0.592. The third-order valence-electron chi connectivity index (χ3n) is 13.9. The summed E-state index contributed by atoms with van der Waals surface area (Å²) >= 11 is 0. The van der Waals surface area contributed by atoms with Crippen molar-refractivity contribution < 1.29 is 4.57 Å². The van der Waals surface area contributed by atoms with Crippen LogP contribution in [0.25, 0.3) is 76.8 Å². The summed E-state index contributed by atoms with van der Waals surface area (Å²) in [5.74, 6) is 0.298. The van der Waals surface area contributed by atoms with Gasteiger partial charge in [0.15, 0.2) is 7.14 Å². The quantitative estimate of drug-likeness (QED) is 0.162. The zero-order chi connectivity index (χ0) is 41.3. The number of hydrogen-bond donors (Lipinski definition) is 0. The molecule has 0 saturated carbocycles. The minimum Gasteiger partial charge on any atom is -0.347 e. The van der Waals surface area contributed by atoms with Crippen LogP contribution < -0.4 is 20.8 Å². The van der Waals surface area contributed by atoms with Crippen molar-refractivity contribution in [1.82, 2.24) is 13.7 Å². The molecule has 2 atom stereocenters. The minimum atomic E-state index is -3.39. The van der Waals surface area contributed by atoms with Crippen LogP contribution in [0.5, 0.6) is 0 Å². The summed E-state index contributed by atoms with van der Waals surface area (Å²) in [6.45, 7) is 0. The average molecular weight is 817 g/mol. The van der Waals surface area contributed by atoms with Gasteiger partial charge < -0.3 is 23.2 Å². The van der Waals surface area contributed by atoms with Gasteiger partial charge in [0, 0.05) is 108 Å². The zero-order valence-corrected chi connectivity index (χ0v) is 35.3. The highest BCUT2D eigenvalue weighted by atomic mass is 31.2. The van der Waals surface area contributed by atoms with Gasteiger partial charge in [-0.2, -0.15) is 0 Å². The molecule has 2 aliphatic rings. The molecule has 2 unspecified atom stereocenters. The van der Waals surface area contributed by atoms with Crippen molar-refractivity contribution >= 4 is 99.9 Å². The number of likely N-dealkylation sites (N-methyl/N-ethyl adjacent to an activating group) is 1. The van der Waals surface area contributed by atoms with E-state index in [1.165, 1.54) is 44.5 Å². The SMILES string of the molecule is CN1C2=CC=C(n3c4ccccc4c4cc(P(=O)(c5ccccc5)c5ccc6c(c5)c5ccccc5n6-c5ccc6c(c5)c5ccccc5n6C)ccc43)CC2c2ccccc21. The Morgan fingerprint density at radius 3 is 1.68 bits per heavy atom. The van der Waals surface area contributed by atoms with Crippen molar-refractivity contribution in [1.29, 1.82) is 0 Å². The van der Waals surface area contributed by atoms with Crippen molar-refractivity contribution in [2.45, 2.75) is 12.3 Å². The second-order valence-corrected chi connectivity index (χ2v) is 19.7. The third-order valence-corrected chi connectivity index (χ3v) is 16.9. The van der Waals surface area contributed by atoms with Crippen LogP contribution in [-0.4, -0.2) is 20.7 Å². The number of fused-ring (bicyclic) bond motifs is 12. The molecule has 0 radical (unpaired) electrons. The Kier molecular flexibility index (Phi) is 7.48. The summed E-state index contributed by atoms with van der Waals surface area (Å²) in [6, 6.07) is 64.7. The topological polar surface area (TPSA) is 35.1 Å². The van der Waals surface area contributed by atoms with Gasteiger partial charge in [0.2, 0.25) is 0 Å². The highest BCUT2D eigenvalue weighted by Gasteiger charge is 2.35. The molecule has 296 valence electrons. The maximum absolute atomic E-state index is 16.5. The van der Waals surface area contributed by atoms with E-state index in [0.29, 0.717) is 5.92 Å². The predicted molar refractivity (Wildman–Crippen MR) is 262 cm³/mol. The molecule has 3 aromatic heterocycles. The summed E-state index contributed by atoms with van der Waals surface area (Å²) < 4.78 is 23.5. The summed E-state index contributed by atoms with van der Waals surface area (Å²) in [5, 5.41) is 9.43. The van der Waals surface area contributed by atoms with E-state index < -0.39 is 7.14 Å². The zero-order valence-electron chi connectivity index (χ0n) is 34.4. The van der Waals surface area contributed by atoms with E-state index in [0.717, 1.165) is 71.6 Å². The fraction of sp³-hybridized carbons (Fsp3) is 0.0714. The molecule has 4 heterocycles. The number of anilines is 1. The number of nitrogens with zero attached hydrogens (tertiary/aromatic N) is 4. The van der Waals surface area contributed by atoms with Crippen molar-refractivity contribution in [3.8, 4) is 5.69 Å². The number of aryl methyl sites for hydroxylation is 1. The van der Waals surface area contributed by atoms with Crippen LogP contribution in [0.1, 0.15) is 17.9 Å². The Bertz CT molecular complexity index is 3810. The predicted octanol–water partition coefficient (Wildman–Crippen LogP) is 12.5. The Hall–Kier alpha value is -7.33. The molecule has 13 rings (SSSR count). The highest BCUT2D eigenvalue weighted by Crippen LogP contribution is 2.50. The lowest BCUT2D eigenvalue weighted by Crippen LogP contribution is -2.25. The van der Waals surface area contributed by atoms with Gasteiger partial charge in [0.25, 0.3) is 0 Å². The van der Waals surface area contributed by atoms with E-state index in [1.54, 1.807) is 0 Å². The minimum absolute atomic E-state index is 0.298. The molecule has 0 fully saturated rings. The van der Waals surface area contributed by atoms with E-state index >= 15 is 4.57 Å². The molecule has 0 saturated heterocycles. The van der Waals surface area contributed by atoms with Crippen molar-refractivity contribution in [3.63, 3.8) is 0 Å². The van der Waals surface area contributed by atoms with E-state index in [4.69, 9.17) is 0 Å². The molecule has 6 heteroatoms. The van der Waals surface area contributed by atoms with Gasteiger partial charge in [-0.05, 0) is 96.6 Å². The Labute approximate surface area is 359 Å². The van der Waals surface area contributed by atoms with E-state index in [9.17, 15) is 0 Å². The first-order chi connectivity index (χ1) is 30.5. The molecule has 11 aromatic rings. The molecule has 1 aliphatic heterocycles. The molecule has 62 heavy (non-hydrogen) atoms. The van der Waals surface area contributed by atoms with E-state index in [1.807, 2.05) is 30.3 Å². The van der Waals surface area contributed by atoms with E-state index in [2.05, 4.69) is 197 Å². The molecule has 0 amide bonds. The number of aromatic nitrogens is 3. The second kappa shape index (κ2) is 13.1. The van der Waals surface area contributed by atoms with Crippen LogP contribution in [0.3, 0.4) is 0 Å². The maximum atomic E-state index is 16.5. The fourth-order valence-corrected chi connectivity index (χ4v) is 13.6. The van der Waals surface area contributed by atoms with Crippen LogP contribution in [0.2, 0.25) is 0 Å². The molecular weight excluding hydrogens is 776 g/mol. The lowest BCUT2D eigenvalue weighted by atomic mass is 9.90. The van der Waals surface area contributed by atoms with Crippen LogP contribution in [0.15, 0.2) is 200 Å². The van der Waals surface area contributed by atoms with Crippen molar-refractivity contribution in [2.75, 3.05) is 11.9 Å². The average Bonchev–Trinajstić information content (AvgIpc) is 4.03. The van der Waals surface area contributed by atoms with Gasteiger partial charge in [-0.25, -0.2) is 0 Å². The van der Waals surface area contributed by atoms with Crippen LogP contribution >= 0.6 is 7.14 Å². The summed E-state index contributed by atoms with van der Waals surface area (Å²) in [7, 11) is 0.927. The summed E-state index contributed by atoms with van der Waals surface area (Å²) in [4.78, 5) is 2.34. The molecule has 8 aromatic carbocycles. The molecule has 5 nitrogen and oxygen atoms in total. The Morgan fingerprint density at radius 1 is 0.452 bits per heavy atom. The number of para-hydroxylation sites is 4. The van der Waals surface area contributed by atoms with Crippen molar-refractivity contribution in [2.24, 2.45) is 7.05 Å². The van der Waals surface area contributed by atoms with Gasteiger partial charge in [0.05, 0.1) is 22.1 Å². The summed E-state index contributed by atoms with van der Waals surface area (Å²) in [6.07, 6.45) is 5.50. The highest BCUT2D eigenvalue weighted by molar-refractivity contribution is 7.85. The molecule has 1 aliphatic carbocycles. The van der Waals surface area contributed by atoms with Crippen molar-refractivity contribution in [3.05, 3.63) is 205 Å². The Morgan fingerprint density at radius 2 is 0.968 bits per heavy atom. The van der Waals surface area contributed by atoms with Crippen LogP contribution in [0, 0.1) is 0 Å². The number of allylic oxidation sites excluding steroid dienone is 4. The first-order valence-corrected chi connectivity index (χ1v) is 23.1. The third kappa shape index (κ3) is 4.83. The first kappa shape index (κ1) is 35.4. The monoisotopic (exact) mass is 816 g/mol. The van der Waals surface area contributed by atoms with Crippen LogP contribution in [-0.2, 0) is 11.6 Å². The number of hydrogen-bond acceptors (Lipinski definition) is 2. The van der Waals surface area contributed by atoms with Gasteiger partial charge >= 0.3 is 0 Å². The van der Waals surface area contributed by atoms with Gasteiger partial charge in [-0.3, -0.25) is 0 Å². The number of benzene rings is 8. The smallest absolute Gasteiger partial charge is 0.171 e. The first-order valence-electron chi connectivity index (χ1n) is 21.4. The second-order valence-electron chi connectivity index (χ2n) is 17.0. The van der Waals surface area contributed by atoms with Gasteiger partial charge in [0.1, 0.15) is 0 Å². The fourth-order valence-electron chi connectivity index (χ4n) is 11.0. The number of rotatable bonds is 5. The molecule has 0 spiro atoms. The van der Waals surface area contributed by atoms with Gasteiger partial charge in [-0.1, -0.05) is 103 Å². The normalized spacial score (nSPS) is 16.0. The van der Waals surface area contributed by atoms with Crippen LogP contribution in [0.4, 0.5) is 5.69 Å².